The molecular weight excluding hydrogens is 240 g/mol. The highest BCUT2D eigenvalue weighted by Crippen LogP contribution is 2.33. The molecule has 4 nitrogen and oxygen atoms in total. The Morgan fingerprint density at radius 1 is 1.47 bits per heavy atom. The van der Waals surface area contributed by atoms with Crippen molar-refractivity contribution in [2.24, 2.45) is 0 Å². The second-order valence-electron chi connectivity index (χ2n) is 5.15. The zero-order valence-corrected chi connectivity index (χ0v) is 11.9. The lowest BCUT2D eigenvalue weighted by molar-refractivity contribution is -0.128. The van der Waals surface area contributed by atoms with E-state index in [1.165, 1.54) is 11.1 Å². The summed E-state index contributed by atoms with van der Waals surface area (Å²) < 4.78 is 5.27. The van der Waals surface area contributed by atoms with E-state index in [0.29, 0.717) is 12.5 Å². The number of benzene rings is 1. The minimum atomic E-state index is 0.163. The second-order valence-corrected chi connectivity index (χ2v) is 5.15. The third-order valence-electron chi connectivity index (χ3n) is 3.66. The number of methoxy groups -OCH3 is 1. The van der Waals surface area contributed by atoms with Crippen molar-refractivity contribution in [3.05, 3.63) is 29.3 Å². The summed E-state index contributed by atoms with van der Waals surface area (Å²) in [4.78, 5) is 13.2. The fourth-order valence-electron chi connectivity index (χ4n) is 2.50. The van der Waals surface area contributed by atoms with E-state index in [2.05, 4.69) is 17.4 Å². The Balaban J connectivity index is 1.93. The first-order valence-electron chi connectivity index (χ1n) is 6.72. The number of rotatable bonds is 5. The molecule has 1 aromatic rings. The van der Waals surface area contributed by atoms with Crippen LogP contribution in [0.4, 0.5) is 0 Å². The summed E-state index contributed by atoms with van der Waals surface area (Å²) in [6, 6.07) is 6.60. The van der Waals surface area contributed by atoms with Crippen LogP contribution in [0, 0.1) is 0 Å². The Morgan fingerprint density at radius 2 is 2.26 bits per heavy atom. The Bertz CT molecular complexity index is 457. The lowest BCUT2D eigenvalue weighted by Crippen LogP contribution is -2.28. The van der Waals surface area contributed by atoms with Crippen molar-refractivity contribution in [2.45, 2.75) is 25.3 Å². The maximum atomic E-state index is 11.5. The van der Waals surface area contributed by atoms with Crippen LogP contribution in [0.25, 0.3) is 0 Å². The number of aryl methyl sites for hydroxylation is 1. The lowest BCUT2D eigenvalue weighted by atomic mass is 10.1. The molecule has 0 saturated heterocycles. The summed E-state index contributed by atoms with van der Waals surface area (Å²) in [5, 5.41) is 3.47. The number of carbonyl (C=O) groups excluding carboxylic acids is 1. The smallest absolute Gasteiger partial charge is 0.223 e. The molecule has 1 amide bonds. The molecule has 1 aromatic carbocycles. The molecule has 0 radical (unpaired) electrons. The first-order chi connectivity index (χ1) is 9.11. The third kappa shape index (κ3) is 3.26. The van der Waals surface area contributed by atoms with Crippen molar-refractivity contribution >= 4 is 5.91 Å². The van der Waals surface area contributed by atoms with Crippen LogP contribution in [0.2, 0.25) is 0 Å². The fraction of sp³-hybridized carbons (Fsp3) is 0.533. The van der Waals surface area contributed by atoms with E-state index >= 15 is 0 Å². The number of nitrogens with one attached hydrogen (secondary N) is 1. The standard InChI is InChI=1S/C15H22N2O2/c1-17(2)15(18)8-9-16-14-7-5-11-4-6-12(19-3)10-13(11)14/h4,6,10,14,16H,5,7-9H2,1-3H3. The van der Waals surface area contributed by atoms with Crippen molar-refractivity contribution in [3.8, 4) is 5.75 Å². The van der Waals surface area contributed by atoms with Gasteiger partial charge in [-0.05, 0) is 36.1 Å². The zero-order valence-electron chi connectivity index (χ0n) is 11.9. The summed E-state index contributed by atoms with van der Waals surface area (Å²) in [7, 11) is 5.27. The molecule has 0 fully saturated rings. The number of fused-ring (bicyclic) bond motifs is 1. The topological polar surface area (TPSA) is 41.6 Å². The average molecular weight is 262 g/mol. The van der Waals surface area contributed by atoms with Crippen LogP contribution in [0.1, 0.15) is 30.0 Å². The SMILES string of the molecule is COc1ccc2c(c1)C(NCCC(=O)N(C)C)CC2. The van der Waals surface area contributed by atoms with Crippen LogP contribution in [0.15, 0.2) is 18.2 Å². The van der Waals surface area contributed by atoms with Gasteiger partial charge in [-0.25, -0.2) is 0 Å². The Kier molecular flexibility index (Phi) is 4.43. The summed E-state index contributed by atoms with van der Waals surface area (Å²) in [5.74, 6) is 1.06. The highest BCUT2D eigenvalue weighted by atomic mass is 16.5. The average Bonchev–Trinajstić information content (AvgIpc) is 2.81. The van der Waals surface area contributed by atoms with Gasteiger partial charge in [0.2, 0.25) is 5.91 Å². The number of hydrogen-bond acceptors (Lipinski definition) is 3. The Labute approximate surface area is 114 Å². The summed E-state index contributed by atoms with van der Waals surface area (Å²) in [6.45, 7) is 0.721. The molecule has 0 heterocycles. The molecule has 1 atom stereocenters. The molecule has 4 heteroatoms. The summed E-state index contributed by atoms with van der Waals surface area (Å²) >= 11 is 0. The minimum absolute atomic E-state index is 0.163. The van der Waals surface area contributed by atoms with Gasteiger partial charge in [-0.15, -0.1) is 0 Å². The third-order valence-corrected chi connectivity index (χ3v) is 3.66. The van der Waals surface area contributed by atoms with Gasteiger partial charge in [0.1, 0.15) is 5.75 Å². The van der Waals surface area contributed by atoms with Crippen molar-refractivity contribution in [2.75, 3.05) is 27.7 Å². The van der Waals surface area contributed by atoms with Gasteiger partial charge in [0.05, 0.1) is 7.11 Å². The molecule has 0 bridgehead atoms. The largest absolute Gasteiger partial charge is 0.497 e. The van der Waals surface area contributed by atoms with Gasteiger partial charge in [-0.2, -0.15) is 0 Å². The van der Waals surface area contributed by atoms with Crippen molar-refractivity contribution < 1.29 is 9.53 Å². The van der Waals surface area contributed by atoms with Crippen molar-refractivity contribution in [1.29, 1.82) is 0 Å². The molecule has 0 aromatic heterocycles. The molecule has 0 spiro atoms. The maximum absolute atomic E-state index is 11.5. The molecule has 1 aliphatic rings. The van der Waals surface area contributed by atoms with Gasteiger partial charge in [-0.3, -0.25) is 4.79 Å². The van der Waals surface area contributed by atoms with Crippen LogP contribution in [0.3, 0.4) is 0 Å². The van der Waals surface area contributed by atoms with Gasteiger partial charge in [0.25, 0.3) is 0 Å². The van der Waals surface area contributed by atoms with Crippen LogP contribution >= 0.6 is 0 Å². The van der Waals surface area contributed by atoms with Crippen molar-refractivity contribution in [3.63, 3.8) is 0 Å². The van der Waals surface area contributed by atoms with E-state index in [4.69, 9.17) is 4.74 Å². The normalized spacial score (nSPS) is 17.1. The van der Waals surface area contributed by atoms with E-state index in [0.717, 1.165) is 25.1 Å². The monoisotopic (exact) mass is 262 g/mol. The first-order valence-corrected chi connectivity index (χ1v) is 6.72. The number of nitrogens with zero attached hydrogens (tertiary/aromatic N) is 1. The predicted octanol–water partition coefficient (Wildman–Crippen LogP) is 1.75. The molecule has 19 heavy (non-hydrogen) atoms. The molecule has 104 valence electrons. The van der Waals surface area contributed by atoms with Crippen LogP contribution in [-0.4, -0.2) is 38.6 Å². The highest BCUT2D eigenvalue weighted by Gasteiger charge is 2.22. The van der Waals surface area contributed by atoms with Crippen LogP contribution in [-0.2, 0) is 11.2 Å². The zero-order chi connectivity index (χ0) is 13.8. The van der Waals surface area contributed by atoms with Crippen LogP contribution < -0.4 is 10.1 Å². The van der Waals surface area contributed by atoms with E-state index < -0.39 is 0 Å². The van der Waals surface area contributed by atoms with Gasteiger partial charge < -0.3 is 15.0 Å². The number of carbonyl (C=O) groups is 1. The van der Waals surface area contributed by atoms with E-state index in [1.807, 2.05) is 6.07 Å². The molecule has 1 unspecified atom stereocenters. The maximum Gasteiger partial charge on any atom is 0.223 e. The van der Waals surface area contributed by atoms with Gasteiger partial charge in [-0.1, -0.05) is 6.07 Å². The highest BCUT2D eigenvalue weighted by molar-refractivity contribution is 5.75. The van der Waals surface area contributed by atoms with E-state index in [1.54, 1.807) is 26.1 Å². The lowest BCUT2D eigenvalue weighted by Gasteiger charge is -2.16. The first kappa shape index (κ1) is 13.9. The van der Waals surface area contributed by atoms with E-state index in [9.17, 15) is 4.79 Å². The van der Waals surface area contributed by atoms with Crippen LogP contribution in [0.5, 0.6) is 5.75 Å². The number of amides is 1. The van der Waals surface area contributed by atoms with Crippen molar-refractivity contribution in [1.82, 2.24) is 10.2 Å². The molecule has 0 saturated carbocycles. The number of ether oxygens (including phenoxy) is 1. The summed E-state index contributed by atoms with van der Waals surface area (Å²) in [6.07, 6.45) is 2.74. The van der Waals surface area contributed by atoms with Gasteiger partial charge >= 0.3 is 0 Å². The second kappa shape index (κ2) is 6.06. The minimum Gasteiger partial charge on any atom is -0.497 e. The van der Waals surface area contributed by atoms with Gasteiger partial charge in [0, 0.05) is 33.1 Å². The number of hydrogen-bond donors (Lipinski definition) is 1. The molecular formula is C15H22N2O2. The predicted molar refractivity (Wildman–Crippen MR) is 75.4 cm³/mol. The molecule has 1 aliphatic carbocycles. The summed E-state index contributed by atoms with van der Waals surface area (Å²) in [5.41, 5.74) is 2.70. The molecule has 1 N–H and O–H groups in total. The molecule has 0 aliphatic heterocycles. The van der Waals surface area contributed by atoms with Gasteiger partial charge in [0.15, 0.2) is 0 Å². The Morgan fingerprint density at radius 3 is 2.95 bits per heavy atom. The quantitative estimate of drug-likeness (QED) is 0.879. The van der Waals surface area contributed by atoms with E-state index in [-0.39, 0.29) is 5.91 Å². The fourth-order valence-corrected chi connectivity index (χ4v) is 2.50. The molecule has 2 rings (SSSR count). The Hall–Kier alpha value is -1.55.